The molecule has 0 spiro atoms. The molecule has 0 unspecified atom stereocenters. The maximum atomic E-state index is 9.85. The van der Waals surface area contributed by atoms with Gasteiger partial charge >= 0.3 is 29.6 Å². The molecule has 54 valence electrons. The van der Waals surface area contributed by atoms with E-state index in [4.69, 9.17) is 4.74 Å². The fraction of sp³-hybridized carbons (Fsp3) is 0.857. The second-order valence-electron chi connectivity index (χ2n) is 2.49. The summed E-state index contributed by atoms with van der Waals surface area (Å²) < 4.78 is 4.80. The van der Waals surface area contributed by atoms with Crippen molar-refractivity contribution < 1.29 is 40.5 Å². The van der Waals surface area contributed by atoms with Crippen molar-refractivity contribution in [2.24, 2.45) is 0 Å². The first-order valence-corrected chi connectivity index (χ1v) is 3.52. The van der Waals surface area contributed by atoms with Gasteiger partial charge in [0.25, 0.3) is 6.47 Å². The van der Waals surface area contributed by atoms with Crippen LogP contribution in [0, 0.1) is 0 Å². The van der Waals surface area contributed by atoms with Gasteiger partial charge in [0.2, 0.25) is 0 Å². The van der Waals surface area contributed by atoms with Crippen molar-refractivity contribution in [1.82, 2.24) is 0 Å². The minimum absolute atomic E-state index is 0. The minimum Gasteiger partial charge on any atom is -1.00 e. The van der Waals surface area contributed by atoms with Crippen LogP contribution in [0.15, 0.2) is 0 Å². The smallest absolute Gasteiger partial charge is 1.00 e. The molecule has 0 heterocycles. The first-order valence-electron chi connectivity index (χ1n) is 3.52. The van der Waals surface area contributed by atoms with Crippen LogP contribution in [0.5, 0.6) is 0 Å². The summed E-state index contributed by atoms with van der Waals surface area (Å²) in [6, 6.07) is 0. The SMILES string of the molecule is O=COC1CCCCC1.[H-].[Na+]. The first-order chi connectivity index (χ1) is 4.43. The molecule has 0 aliphatic heterocycles. The van der Waals surface area contributed by atoms with Crippen molar-refractivity contribution in [3.8, 4) is 0 Å². The quantitative estimate of drug-likeness (QED) is 0.359. The molecule has 1 rings (SSSR count). The molecular formula is C7H13NaO2. The molecule has 0 saturated heterocycles. The maximum absolute atomic E-state index is 9.85. The zero-order valence-electron chi connectivity index (χ0n) is 7.51. The molecule has 3 heteroatoms. The Morgan fingerprint density at radius 2 is 1.90 bits per heavy atom. The second kappa shape index (κ2) is 6.20. The predicted molar refractivity (Wildman–Crippen MR) is 35.1 cm³/mol. The Morgan fingerprint density at radius 1 is 1.30 bits per heavy atom. The van der Waals surface area contributed by atoms with Crippen molar-refractivity contribution in [3.63, 3.8) is 0 Å². The molecule has 1 aliphatic rings. The second-order valence-corrected chi connectivity index (χ2v) is 2.49. The molecule has 0 N–H and O–H groups in total. The monoisotopic (exact) mass is 152 g/mol. The normalized spacial score (nSPS) is 19.2. The summed E-state index contributed by atoms with van der Waals surface area (Å²) in [7, 11) is 0. The van der Waals surface area contributed by atoms with Gasteiger partial charge < -0.3 is 6.16 Å². The van der Waals surface area contributed by atoms with Crippen LogP contribution < -0.4 is 29.6 Å². The van der Waals surface area contributed by atoms with E-state index in [2.05, 4.69) is 0 Å². The Bertz CT molecular complexity index is 94.4. The third kappa shape index (κ3) is 3.59. The zero-order valence-corrected chi connectivity index (χ0v) is 8.51. The van der Waals surface area contributed by atoms with Gasteiger partial charge in [-0.3, -0.25) is 4.79 Å². The molecule has 0 aromatic rings. The third-order valence-electron chi connectivity index (χ3n) is 1.80. The summed E-state index contributed by atoms with van der Waals surface area (Å²) in [5, 5.41) is 0. The molecule has 0 amide bonds. The van der Waals surface area contributed by atoms with E-state index in [0.29, 0.717) is 6.47 Å². The summed E-state index contributed by atoms with van der Waals surface area (Å²) in [5.41, 5.74) is 0. The average Bonchev–Trinajstić information content (AvgIpc) is 1.91. The molecule has 1 fully saturated rings. The van der Waals surface area contributed by atoms with Crippen LogP contribution in [0.4, 0.5) is 0 Å². The van der Waals surface area contributed by atoms with E-state index in [1.807, 2.05) is 0 Å². The molecule has 1 aliphatic carbocycles. The van der Waals surface area contributed by atoms with Crippen LogP contribution in [-0.2, 0) is 9.53 Å². The van der Waals surface area contributed by atoms with Gasteiger partial charge in [0, 0.05) is 0 Å². The number of carbonyl (C=O) groups excluding carboxylic acids is 1. The molecule has 1 saturated carbocycles. The van der Waals surface area contributed by atoms with E-state index in [0.717, 1.165) is 12.8 Å². The van der Waals surface area contributed by atoms with Crippen molar-refractivity contribution in [3.05, 3.63) is 0 Å². The van der Waals surface area contributed by atoms with Crippen molar-refractivity contribution >= 4 is 6.47 Å². The Morgan fingerprint density at radius 3 is 2.40 bits per heavy atom. The standard InChI is InChI=1S/C7H12O2.Na.H/c8-6-9-7-4-2-1-3-5-7;;/h6-7H,1-5H2;;/q;+1;-1. The van der Waals surface area contributed by atoms with E-state index in [1.165, 1.54) is 19.3 Å². The summed E-state index contributed by atoms with van der Waals surface area (Å²) in [6.07, 6.45) is 6.11. The fourth-order valence-electron chi connectivity index (χ4n) is 1.28. The topological polar surface area (TPSA) is 26.3 Å². The Labute approximate surface area is 85.1 Å². The van der Waals surface area contributed by atoms with E-state index >= 15 is 0 Å². The first kappa shape index (κ1) is 10.5. The van der Waals surface area contributed by atoms with Crippen LogP contribution in [-0.4, -0.2) is 12.6 Å². The average molecular weight is 152 g/mol. The number of carbonyl (C=O) groups is 1. The maximum Gasteiger partial charge on any atom is 1.00 e. The van der Waals surface area contributed by atoms with Gasteiger partial charge in [0.15, 0.2) is 0 Å². The van der Waals surface area contributed by atoms with Crippen LogP contribution >= 0.6 is 0 Å². The minimum atomic E-state index is 0. The van der Waals surface area contributed by atoms with Crippen molar-refractivity contribution in [2.45, 2.75) is 38.2 Å². The summed E-state index contributed by atoms with van der Waals surface area (Å²) in [4.78, 5) is 9.85. The zero-order chi connectivity index (χ0) is 6.53. The van der Waals surface area contributed by atoms with Gasteiger partial charge in [-0.15, -0.1) is 0 Å². The van der Waals surface area contributed by atoms with Gasteiger partial charge in [-0.2, -0.15) is 0 Å². The molecule has 10 heavy (non-hydrogen) atoms. The molecule has 0 radical (unpaired) electrons. The summed E-state index contributed by atoms with van der Waals surface area (Å²) in [6.45, 7) is 0.565. The molecule has 2 nitrogen and oxygen atoms in total. The van der Waals surface area contributed by atoms with Crippen molar-refractivity contribution in [2.75, 3.05) is 0 Å². The Hall–Kier alpha value is 0.470. The van der Waals surface area contributed by atoms with Gasteiger partial charge in [-0.05, 0) is 25.7 Å². The third-order valence-corrected chi connectivity index (χ3v) is 1.80. The van der Waals surface area contributed by atoms with Crippen LogP contribution in [0.3, 0.4) is 0 Å². The Kier molecular flexibility index (Phi) is 6.49. The number of hydrogen-bond acceptors (Lipinski definition) is 2. The van der Waals surface area contributed by atoms with Crippen LogP contribution in [0.1, 0.15) is 33.5 Å². The van der Waals surface area contributed by atoms with Gasteiger partial charge in [-0.25, -0.2) is 0 Å². The molecule has 0 bridgehead atoms. The summed E-state index contributed by atoms with van der Waals surface area (Å²) >= 11 is 0. The molecule has 0 atom stereocenters. The number of ether oxygens (including phenoxy) is 1. The molecule has 0 aromatic heterocycles. The number of rotatable bonds is 2. The van der Waals surface area contributed by atoms with Crippen molar-refractivity contribution in [1.29, 1.82) is 0 Å². The summed E-state index contributed by atoms with van der Waals surface area (Å²) in [5.74, 6) is 0. The van der Waals surface area contributed by atoms with Gasteiger partial charge in [-0.1, -0.05) is 6.42 Å². The van der Waals surface area contributed by atoms with Gasteiger partial charge in [0.05, 0.1) is 0 Å². The van der Waals surface area contributed by atoms with E-state index in [9.17, 15) is 4.79 Å². The van der Waals surface area contributed by atoms with E-state index in [1.54, 1.807) is 0 Å². The van der Waals surface area contributed by atoms with Gasteiger partial charge in [0.1, 0.15) is 6.10 Å². The molecule has 0 aromatic carbocycles. The predicted octanol–water partition coefficient (Wildman–Crippen LogP) is -1.39. The van der Waals surface area contributed by atoms with Crippen LogP contribution in [0.2, 0.25) is 0 Å². The molecular weight excluding hydrogens is 139 g/mol. The number of hydrogen-bond donors (Lipinski definition) is 0. The van der Waals surface area contributed by atoms with E-state index in [-0.39, 0.29) is 37.1 Å². The van der Waals surface area contributed by atoms with E-state index < -0.39 is 0 Å². The van der Waals surface area contributed by atoms with Crippen LogP contribution in [0.25, 0.3) is 0 Å². The largest absolute Gasteiger partial charge is 1.00 e. The Balaban J connectivity index is 0. The fourth-order valence-corrected chi connectivity index (χ4v) is 1.28.